The monoisotopic (exact) mass is 280 g/mol. The average molecular weight is 280 g/mol. The number of anilines is 2. The lowest BCUT2D eigenvalue weighted by atomic mass is 10.3. The molecule has 0 aliphatic rings. The summed E-state index contributed by atoms with van der Waals surface area (Å²) in [4.78, 5) is 15.7. The Morgan fingerprint density at radius 1 is 1.58 bits per heavy atom. The minimum absolute atomic E-state index is 0.206. The van der Waals surface area contributed by atoms with Crippen LogP contribution in [0.4, 0.5) is 10.8 Å². The summed E-state index contributed by atoms with van der Waals surface area (Å²) in [5, 5.41) is 10.0. The molecule has 0 aliphatic heterocycles. The minimum atomic E-state index is -0.253. The van der Waals surface area contributed by atoms with Gasteiger partial charge < -0.3 is 10.1 Å². The van der Waals surface area contributed by atoms with E-state index in [-0.39, 0.29) is 12.4 Å². The molecule has 0 saturated heterocycles. The third-order valence-electron chi connectivity index (χ3n) is 2.44. The summed E-state index contributed by atoms with van der Waals surface area (Å²) in [5.74, 6) is -0.253. The number of nitrogens with one attached hydrogen (secondary N) is 1. The predicted molar refractivity (Wildman–Crippen MR) is 73.7 cm³/mol. The van der Waals surface area contributed by atoms with Crippen molar-refractivity contribution in [2.24, 2.45) is 7.05 Å². The van der Waals surface area contributed by atoms with Gasteiger partial charge in [0.1, 0.15) is 0 Å². The number of carbonyl (C=O) groups excluding carboxylic acids is 1. The lowest BCUT2D eigenvalue weighted by Gasteiger charge is -1.99. The number of esters is 1. The zero-order valence-electron chi connectivity index (χ0n) is 11.1. The molecule has 7 heteroatoms. The molecular weight excluding hydrogens is 264 g/mol. The van der Waals surface area contributed by atoms with Crippen LogP contribution in [0.25, 0.3) is 0 Å². The highest BCUT2D eigenvalue weighted by atomic mass is 32.1. The van der Waals surface area contributed by atoms with Crippen LogP contribution in [0.3, 0.4) is 0 Å². The van der Waals surface area contributed by atoms with E-state index in [9.17, 15) is 4.79 Å². The van der Waals surface area contributed by atoms with E-state index in [0.717, 1.165) is 16.5 Å². The van der Waals surface area contributed by atoms with Gasteiger partial charge in [-0.1, -0.05) is 0 Å². The van der Waals surface area contributed by atoms with Crippen LogP contribution in [-0.4, -0.2) is 27.3 Å². The summed E-state index contributed by atoms with van der Waals surface area (Å²) in [6, 6.07) is 0. The van der Waals surface area contributed by atoms with Crippen molar-refractivity contribution in [3.8, 4) is 0 Å². The molecule has 0 fully saturated rings. The van der Waals surface area contributed by atoms with Crippen LogP contribution in [0, 0.1) is 6.92 Å². The minimum Gasteiger partial charge on any atom is -0.466 e. The standard InChI is InChI=1S/C12H16N4O2S/c1-4-18-11(17)5-9-7-19-12(13-9)14-10-6-16(3)15-8(10)2/h6-7H,4-5H2,1-3H3,(H,13,14). The Morgan fingerprint density at radius 3 is 3.00 bits per heavy atom. The molecule has 0 spiro atoms. The molecule has 0 unspecified atom stereocenters. The molecule has 2 rings (SSSR count). The van der Waals surface area contributed by atoms with Crippen LogP contribution in [-0.2, 0) is 23.0 Å². The van der Waals surface area contributed by atoms with Gasteiger partial charge in [-0.3, -0.25) is 9.48 Å². The fourth-order valence-corrected chi connectivity index (χ4v) is 2.37. The summed E-state index contributed by atoms with van der Waals surface area (Å²) in [7, 11) is 1.87. The van der Waals surface area contributed by atoms with E-state index in [4.69, 9.17) is 4.74 Å². The molecule has 0 bridgehead atoms. The maximum atomic E-state index is 11.3. The second-order valence-electron chi connectivity index (χ2n) is 4.05. The summed E-state index contributed by atoms with van der Waals surface area (Å²) in [6.07, 6.45) is 2.10. The lowest BCUT2D eigenvalue weighted by molar-refractivity contribution is -0.142. The first kappa shape index (κ1) is 13.5. The fourth-order valence-electron chi connectivity index (χ4n) is 1.64. The topological polar surface area (TPSA) is 69.0 Å². The molecule has 19 heavy (non-hydrogen) atoms. The Hall–Kier alpha value is -1.89. The van der Waals surface area contributed by atoms with Crippen molar-refractivity contribution in [1.82, 2.24) is 14.8 Å². The van der Waals surface area contributed by atoms with Crippen molar-refractivity contribution >= 4 is 28.1 Å². The number of hydrogen-bond donors (Lipinski definition) is 1. The van der Waals surface area contributed by atoms with Gasteiger partial charge in [-0.25, -0.2) is 4.98 Å². The van der Waals surface area contributed by atoms with Crippen molar-refractivity contribution in [3.05, 3.63) is 23.0 Å². The van der Waals surface area contributed by atoms with Crippen molar-refractivity contribution in [2.75, 3.05) is 11.9 Å². The highest BCUT2D eigenvalue weighted by Gasteiger charge is 2.10. The van der Waals surface area contributed by atoms with E-state index >= 15 is 0 Å². The largest absolute Gasteiger partial charge is 0.466 e. The highest BCUT2D eigenvalue weighted by molar-refractivity contribution is 7.13. The fraction of sp³-hybridized carbons (Fsp3) is 0.417. The molecule has 0 aromatic carbocycles. The van der Waals surface area contributed by atoms with Crippen LogP contribution < -0.4 is 5.32 Å². The third-order valence-corrected chi connectivity index (χ3v) is 3.24. The SMILES string of the molecule is CCOC(=O)Cc1csc(Nc2cn(C)nc2C)n1. The smallest absolute Gasteiger partial charge is 0.311 e. The van der Waals surface area contributed by atoms with Crippen molar-refractivity contribution in [2.45, 2.75) is 20.3 Å². The Balaban J connectivity index is 2.01. The van der Waals surface area contributed by atoms with Gasteiger partial charge in [-0.15, -0.1) is 11.3 Å². The quantitative estimate of drug-likeness (QED) is 0.849. The van der Waals surface area contributed by atoms with E-state index < -0.39 is 0 Å². The van der Waals surface area contributed by atoms with Gasteiger partial charge in [0.25, 0.3) is 0 Å². The maximum absolute atomic E-state index is 11.3. The number of aromatic nitrogens is 3. The molecule has 102 valence electrons. The van der Waals surface area contributed by atoms with Crippen LogP contribution in [0.15, 0.2) is 11.6 Å². The van der Waals surface area contributed by atoms with Crippen LogP contribution in [0.5, 0.6) is 0 Å². The van der Waals surface area contributed by atoms with Crippen molar-refractivity contribution in [1.29, 1.82) is 0 Å². The lowest BCUT2D eigenvalue weighted by Crippen LogP contribution is -2.07. The first-order chi connectivity index (χ1) is 9.08. The number of hydrogen-bond acceptors (Lipinski definition) is 6. The van der Waals surface area contributed by atoms with E-state index in [0.29, 0.717) is 12.3 Å². The van der Waals surface area contributed by atoms with E-state index in [1.807, 2.05) is 25.5 Å². The van der Waals surface area contributed by atoms with Gasteiger partial charge in [0, 0.05) is 18.6 Å². The summed E-state index contributed by atoms with van der Waals surface area (Å²) in [6.45, 7) is 4.11. The van der Waals surface area contributed by atoms with Crippen LogP contribution >= 0.6 is 11.3 Å². The summed E-state index contributed by atoms with van der Waals surface area (Å²) >= 11 is 1.46. The van der Waals surface area contributed by atoms with E-state index in [2.05, 4.69) is 15.4 Å². The highest BCUT2D eigenvalue weighted by Crippen LogP contribution is 2.22. The van der Waals surface area contributed by atoms with Gasteiger partial charge >= 0.3 is 5.97 Å². The molecule has 0 saturated carbocycles. The molecular formula is C12H16N4O2S. The van der Waals surface area contributed by atoms with Gasteiger partial charge in [0.2, 0.25) is 0 Å². The molecule has 6 nitrogen and oxygen atoms in total. The molecule has 2 heterocycles. The second-order valence-corrected chi connectivity index (χ2v) is 4.91. The number of rotatable bonds is 5. The van der Waals surface area contributed by atoms with Crippen LogP contribution in [0.2, 0.25) is 0 Å². The summed E-state index contributed by atoms with van der Waals surface area (Å²) < 4.78 is 6.63. The molecule has 0 amide bonds. The van der Waals surface area contributed by atoms with E-state index in [1.165, 1.54) is 11.3 Å². The predicted octanol–water partition coefficient (Wildman–Crippen LogP) is 2.03. The molecule has 2 aromatic heterocycles. The van der Waals surface area contributed by atoms with Crippen molar-refractivity contribution < 1.29 is 9.53 Å². The zero-order chi connectivity index (χ0) is 13.8. The zero-order valence-corrected chi connectivity index (χ0v) is 12.0. The first-order valence-corrected chi connectivity index (χ1v) is 6.83. The second kappa shape index (κ2) is 5.83. The first-order valence-electron chi connectivity index (χ1n) is 5.95. The number of ether oxygens (including phenoxy) is 1. The van der Waals surface area contributed by atoms with Crippen LogP contribution in [0.1, 0.15) is 18.3 Å². The third kappa shape index (κ3) is 3.54. The Bertz CT molecular complexity index is 576. The van der Waals surface area contributed by atoms with E-state index in [1.54, 1.807) is 11.6 Å². The van der Waals surface area contributed by atoms with Crippen molar-refractivity contribution in [3.63, 3.8) is 0 Å². The molecule has 0 radical (unpaired) electrons. The molecule has 1 N–H and O–H groups in total. The number of carbonyl (C=O) groups is 1. The van der Waals surface area contributed by atoms with Gasteiger partial charge in [-0.05, 0) is 13.8 Å². The number of aryl methyl sites for hydroxylation is 2. The molecule has 2 aromatic rings. The Morgan fingerprint density at radius 2 is 2.37 bits per heavy atom. The number of thiazole rings is 1. The maximum Gasteiger partial charge on any atom is 0.311 e. The Kier molecular flexibility index (Phi) is 4.16. The molecule has 0 aliphatic carbocycles. The Labute approximate surface area is 115 Å². The summed E-state index contributed by atoms with van der Waals surface area (Å²) in [5.41, 5.74) is 2.54. The van der Waals surface area contributed by atoms with Gasteiger partial charge in [0.15, 0.2) is 5.13 Å². The van der Waals surface area contributed by atoms with Gasteiger partial charge in [-0.2, -0.15) is 5.10 Å². The molecule has 0 atom stereocenters. The van der Waals surface area contributed by atoms with Gasteiger partial charge in [0.05, 0.1) is 30.1 Å². The number of nitrogens with zero attached hydrogens (tertiary/aromatic N) is 3. The normalized spacial score (nSPS) is 10.5. The average Bonchev–Trinajstić information content (AvgIpc) is 2.87.